The Labute approximate surface area is 96.2 Å². The fourth-order valence-corrected chi connectivity index (χ4v) is 1.35. The summed E-state index contributed by atoms with van der Waals surface area (Å²) in [7, 11) is 1.89. The molecule has 0 bridgehead atoms. The van der Waals surface area contributed by atoms with Crippen molar-refractivity contribution in [2.75, 3.05) is 13.1 Å². The SMILES string of the molecule is CCCNCC(=O)NCc1cnn(C)c1C. The van der Waals surface area contributed by atoms with Gasteiger partial charge in [0.2, 0.25) is 5.91 Å². The van der Waals surface area contributed by atoms with Gasteiger partial charge in [0.25, 0.3) is 0 Å². The Kier molecular flexibility index (Phi) is 4.98. The van der Waals surface area contributed by atoms with E-state index in [0.717, 1.165) is 24.2 Å². The van der Waals surface area contributed by atoms with Gasteiger partial charge in [-0.3, -0.25) is 9.48 Å². The van der Waals surface area contributed by atoms with E-state index in [2.05, 4.69) is 22.7 Å². The van der Waals surface area contributed by atoms with Gasteiger partial charge in [0.1, 0.15) is 0 Å². The first-order valence-electron chi connectivity index (χ1n) is 5.60. The van der Waals surface area contributed by atoms with Crippen molar-refractivity contribution in [3.8, 4) is 0 Å². The van der Waals surface area contributed by atoms with Crippen molar-refractivity contribution in [2.45, 2.75) is 26.8 Å². The molecular formula is C11H20N4O. The molecule has 16 heavy (non-hydrogen) atoms. The molecule has 5 nitrogen and oxygen atoms in total. The zero-order chi connectivity index (χ0) is 12.0. The molecule has 1 amide bonds. The number of nitrogens with zero attached hydrogens (tertiary/aromatic N) is 2. The van der Waals surface area contributed by atoms with Crippen molar-refractivity contribution >= 4 is 5.91 Å². The third kappa shape index (κ3) is 3.66. The van der Waals surface area contributed by atoms with Gasteiger partial charge in [0, 0.05) is 24.8 Å². The van der Waals surface area contributed by atoms with Crippen molar-refractivity contribution in [3.63, 3.8) is 0 Å². The lowest BCUT2D eigenvalue weighted by molar-refractivity contribution is -0.120. The Bertz CT molecular complexity index is 346. The molecule has 0 atom stereocenters. The maximum absolute atomic E-state index is 11.4. The molecule has 0 aromatic carbocycles. The van der Waals surface area contributed by atoms with E-state index >= 15 is 0 Å². The van der Waals surface area contributed by atoms with E-state index in [1.54, 1.807) is 10.9 Å². The summed E-state index contributed by atoms with van der Waals surface area (Å²) in [5, 5.41) is 10.0. The molecular weight excluding hydrogens is 204 g/mol. The molecule has 0 saturated carbocycles. The van der Waals surface area contributed by atoms with Crippen LogP contribution in [-0.4, -0.2) is 28.8 Å². The van der Waals surface area contributed by atoms with Gasteiger partial charge in [-0.2, -0.15) is 5.10 Å². The zero-order valence-corrected chi connectivity index (χ0v) is 10.2. The van der Waals surface area contributed by atoms with Crippen LogP contribution in [0.3, 0.4) is 0 Å². The third-order valence-corrected chi connectivity index (χ3v) is 2.53. The van der Waals surface area contributed by atoms with Crippen LogP contribution in [0.25, 0.3) is 0 Å². The second-order valence-corrected chi connectivity index (χ2v) is 3.83. The molecule has 0 saturated heterocycles. The van der Waals surface area contributed by atoms with Gasteiger partial charge < -0.3 is 10.6 Å². The Morgan fingerprint density at radius 3 is 2.88 bits per heavy atom. The van der Waals surface area contributed by atoms with Crippen LogP contribution in [0.15, 0.2) is 6.20 Å². The van der Waals surface area contributed by atoms with Crippen LogP contribution in [0, 0.1) is 6.92 Å². The lowest BCUT2D eigenvalue weighted by Gasteiger charge is -2.05. The summed E-state index contributed by atoms with van der Waals surface area (Å²) in [5.41, 5.74) is 2.15. The summed E-state index contributed by atoms with van der Waals surface area (Å²) in [6.07, 6.45) is 2.82. The Morgan fingerprint density at radius 1 is 1.56 bits per heavy atom. The molecule has 0 fully saturated rings. The standard InChI is InChI=1S/C11H20N4O/c1-4-5-12-8-11(16)13-6-10-7-14-15(3)9(10)2/h7,12H,4-6,8H2,1-3H3,(H,13,16). The van der Waals surface area contributed by atoms with E-state index in [-0.39, 0.29) is 5.91 Å². The van der Waals surface area contributed by atoms with Gasteiger partial charge in [-0.1, -0.05) is 6.92 Å². The van der Waals surface area contributed by atoms with Crippen molar-refractivity contribution in [1.29, 1.82) is 0 Å². The molecule has 0 unspecified atom stereocenters. The first-order chi connectivity index (χ1) is 7.65. The molecule has 0 aliphatic heterocycles. The molecule has 1 aromatic heterocycles. The van der Waals surface area contributed by atoms with E-state index in [4.69, 9.17) is 0 Å². The number of carbonyl (C=O) groups excluding carboxylic acids is 1. The quantitative estimate of drug-likeness (QED) is 0.685. The Morgan fingerprint density at radius 2 is 2.31 bits per heavy atom. The van der Waals surface area contributed by atoms with Gasteiger partial charge >= 0.3 is 0 Å². The molecule has 0 spiro atoms. The fourth-order valence-electron chi connectivity index (χ4n) is 1.35. The Hall–Kier alpha value is -1.36. The van der Waals surface area contributed by atoms with Crippen LogP contribution in [0.1, 0.15) is 24.6 Å². The molecule has 5 heteroatoms. The van der Waals surface area contributed by atoms with Crippen LogP contribution in [0.2, 0.25) is 0 Å². The van der Waals surface area contributed by atoms with Crippen molar-refractivity contribution in [3.05, 3.63) is 17.5 Å². The number of nitrogens with one attached hydrogen (secondary N) is 2. The Balaban J connectivity index is 2.29. The molecule has 2 N–H and O–H groups in total. The highest BCUT2D eigenvalue weighted by molar-refractivity contribution is 5.77. The smallest absolute Gasteiger partial charge is 0.234 e. The predicted octanol–water partition coefficient (Wildman–Crippen LogP) is 0.344. The lowest BCUT2D eigenvalue weighted by Crippen LogP contribution is -2.33. The first-order valence-corrected chi connectivity index (χ1v) is 5.60. The lowest BCUT2D eigenvalue weighted by atomic mass is 10.2. The van der Waals surface area contributed by atoms with Crippen LogP contribution in [-0.2, 0) is 18.4 Å². The zero-order valence-electron chi connectivity index (χ0n) is 10.2. The highest BCUT2D eigenvalue weighted by atomic mass is 16.1. The molecule has 1 rings (SSSR count). The minimum atomic E-state index is 0.0247. The molecule has 0 aliphatic carbocycles. The van der Waals surface area contributed by atoms with Crippen molar-refractivity contribution in [1.82, 2.24) is 20.4 Å². The second-order valence-electron chi connectivity index (χ2n) is 3.83. The predicted molar refractivity (Wildman–Crippen MR) is 63.0 cm³/mol. The second kappa shape index (κ2) is 6.27. The monoisotopic (exact) mass is 224 g/mol. The molecule has 1 aromatic rings. The maximum Gasteiger partial charge on any atom is 0.234 e. The number of aromatic nitrogens is 2. The summed E-state index contributed by atoms with van der Waals surface area (Å²) in [6, 6.07) is 0. The maximum atomic E-state index is 11.4. The van der Waals surface area contributed by atoms with E-state index in [9.17, 15) is 4.79 Å². The van der Waals surface area contributed by atoms with Gasteiger partial charge in [-0.25, -0.2) is 0 Å². The van der Waals surface area contributed by atoms with E-state index in [1.165, 1.54) is 0 Å². The van der Waals surface area contributed by atoms with Crippen molar-refractivity contribution < 1.29 is 4.79 Å². The highest BCUT2D eigenvalue weighted by Gasteiger charge is 2.05. The first kappa shape index (κ1) is 12.7. The minimum absolute atomic E-state index is 0.0247. The average Bonchev–Trinajstić information content (AvgIpc) is 2.58. The number of hydrogen-bond acceptors (Lipinski definition) is 3. The van der Waals surface area contributed by atoms with Gasteiger partial charge in [-0.15, -0.1) is 0 Å². The summed E-state index contributed by atoms with van der Waals surface area (Å²) >= 11 is 0. The van der Waals surface area contributed by atoms with Crippen molar-refractivity contribution in [2.24, 2.45) is 7.05 Å². The average molecular weight is 224 g/mol. The largest absolute Gasteiger partial charge is 0.351 e. The topological polar surface area (TPSA) is 59.0 Å². The van der Waals surface area contributed by atoms with Crippen LogP contribution in [0.4, 0.5) is 0 Å². The van der Waals surface area contributed by atoms with Gasteiger partial charge in [-0.05, 0) is 19.9 Å². The normalized spacial score (nSPS) is 10.4. The van der Waals surface area contributed by atoms with E-state index in [1.807, 2.05) is 14.0 Å². The molecule has 1 heterocycles. The van der Waals surface area contributed by atoms with E-state index in [0.29, 0.717) is 13.1 Å². The van der Waals surface area contributed by atoms with Crippen LogP contribution >= 0.6 is 0 Å². The highest BCUT2D eigenvalue weighted by Crippen LogP contribution is 2.04. The van der Waals surface area contributed by atoms with Crippen LogP contribution < -0.4 is 10.6 Å². The number of carbonyl (C=O) groups is 1. The minimum Gasteiger partial charge on any atom is -0.351 e. The van der Waals surface area contributed by atoms with E-state index < -0.39 is 0 Å². The number of rotatable bonds is 6. The fraction of sp³-hybridized carbons (Fsp3) is 0.636. The third-order valence-electron chi connectivity index (χ3n) is 2.53. The molecule has 0 radical (unpaired) electrons. The van der Waals surface area contributed by atoms with Gasteiger partial charge in [0.05, 0.1) is 12.7 Å². The number of amides is 1. The molecule has 90 valence electrons. The molecule has 0 aliphatic rings. The van der Waals surface area contributed by atoms with Gasteiger partial charge in [0.15, 0.2) is 0 Å². The summed E-state index contributed by atoms with van der Waals surface area (Å²) in [6.45, 7) is 5.87. The summed E-state index contributed by atoms with van der Waals surface area (Å²) < 4.78 is 1.80. The summed E-state index contributed by atoms with van der Waals surface area (Å²) in [4.78, 5) is 11.4. The van der Waals surface area contributed by atoms with Crippen LogP contribution in [0.5, 0.6) is 0 Å². The number of hydrogen-bond donors (Lipinski definition) is 2. The summed E-state index contributed by atoms with van der Waals surface area (Å²) in [5.74, 6) is 0.0247. The number of aryl methyl sites for hydroxylation is 1.